The third-order valence-corrected chi connectivity index (χ3v) is 8.94. The van der Waals surface area contributed by atoms with Gasteiger partial charge < -0.3 is 49.3 Å². The number of nitrogens with one attached hydrogen (secondary N) is 2. The van der Waals surface area contributed by atoms with E-state index >= 15 is 0 Å². The summed E-state index contributed by atoms with van der Waals surface area (Å²) in [5, 5.41) is 28.6. The van der Waals surface area contributed by atoms with Gasteiger partial charge in [-0.05, 0) is 74.4 Å². The summed E-state index contributed by atoms with van der Waals surface area (Å²) < 4.78 is 32.7. The Morgan fingerprint density at radius 3 is 2.02 bits per heavy atom. The molecule has 0 aliphatic heterocycles. The lowest BCUT2D eigenvalue weighted by Crippen LogP contribution is -2.48. The van der Waals surface area contributed by atoms with Gasteiger partial charge in [-0.1, -0.05) is 66.7 Å². The van der Waals surface area contributed by atoms with Crippen molar-refractivity contribution in [2.45, 2.75) is 76.3 Å². The lowest BCUT2D eigenvalue weighted by molar-refractivity contribution is -0.127. The predicted molar refractivity (Wildman–Crippen MR) is 204 cm³/mol. The summed E-state index contributed by atoms with van der Waals surface area (Å²) in [4.78, 5) is 27.0. The van der Waals surface area contributed by atoms with Crippen molar-refractivity contribution in [1.29, 1.82) is 0 Å². The highest BCUT2D eigenvalue weighted by molar-refractivity contribution is 5.80. The molecule has 0 radical (unpaired) electrons. The molecule has 0 heterocycles. The molecule has 54 heavy (non-hydrogen) atoms. The van der Waals surface area contributed by atoms with Gasteiger partial charge in [0.25, 0.3) is 0 Å². The topological polar surface area (TPSA) is 154 Å². The normalized spacial score (nSPS) is 16.9. The van der Waals surface area contributed by atoms with E-state index in [0.29, 0.717) is 77.9 Å². The fourth-order valence-corrected chi connectivity index (χ4v) is 6.28. The number of aliphatic hydroxyl groups excluding tert-OH is 2. The van der Waals surface area contributed by atoms with Gasteiger partial charge in [0.2, 0.25) is 5.91 Å². The molecule has 1 aliphatic rings. The second-order valence-electron chi connectivity index (χ2n) is 14.4. The Labute approximate surface area is 319 Å². The maximum absolute atomic E-state index is 14.1. The average Bonchev–Trinajstić information content (AvgIpc) is 3.45. The first-order valence-corrected chi connectivity index (χ1v) is 18.7. The molecule has 3 aromatic carbocycles. The number of rotatable bonds is 23. The number of fused-ring (bicyclic) bond motifs is 1. The van der Waals surface area contributed by atoms with E-state index in [9.17, 15) is 19.8 Å². The highest BCUT2D eigenvalue weighted by Crippen LogP contribution is 2.32. The van der Waals surface area contributed by atoms with E-state index in [-0.39, 0.29) is 12.3 Å². The smallest absolute Gasteiger partial charge is 0.407 e. The van der Waals surface area contributed by atoms with Crippen molar-refractivity contribution in [2.75, 3.05) is 60.0 Å². The quantitative estimate of drug-likeness (QED) is 0.101. The summed E-state index contributed by atoms with van der Waals surface area (Å²) >= 11 is 0. The Morgan fingerprint density at radius 2 is 1.37 bits per heavy atom. The Hall–Kier alpha value is -4.04. The van der Waals surface area contributed by atoms with Crippen LogP contribution in [0, 0.1) is 5.92 Å². The fraction of sp³-hybridized carbons (Fsp3) is 0.524. The Balaban J connectivity index is 1.38. The zero-order chi connectivity index (χ0) is 38.8. The number of carbonyl (C=O) groups excluding carboxylic acids is 2. The van der Waals surface area contributed by atoms with Gasteiger partial charge >= 0.3 is 6.09 Å². The van der Waals surface area contributed by atoms with E-state index in [0.717, 1.165) is 22.3 Å². The number of hydrogen-bond donors (Lipinski definition) is 4. The van der Waals surface area contributed by atoms with Gasteiger partial charge in [0.05, 0.1) is 70.5 Å². The average molecular weight is 751 g/mol. The number of hydrogen-bond acceptors (Lipinski definition) is 10. The lowest BCUT2D eigenvalue weighted by atomic mass is 9.88. The number of amides is 2. The van der Waals surface area contributed by atoms with Crippen LogP contribution >= 0.6 is 0 Å². The van der Waals surface area contributed by atoms with Crippen molar-refractivity contribution < 1.29 is 48.2 Å². The number of ether oxygens (including phenoxy) is 6. The van der Waals surface area contributed by atoms with Gasteiger partial charge in [-0.2, -0.15) is 0 Å². The molecule has 4 rings (SSSR count). The lowest BCUT2D eigenvalue weighted by Gasteiger charge is -2.29. The highest BCUT2D eigenvalue weighted by Gasteiger charge is 2.35. The zero-order valence-electron chi connectivity index (χ0n) is 32.0. The van der Waals surface area contributed by atoms with Gasteiger partial charge in [0, 0.05) is 19.4 Å². The molecule has 0 saturated heterocycles. The molecule has 0 spiro atoms. The van der Waals surface area contributed by atoms with Gasteiger partial charge in [-0.15, -0.1) is 0 Å². The minimum absolute atomic E-state index is 0.0454. The van der Waals surface area contributed by atoms with Crippen LogP contribution in [0.3, 0.4) is 0 Å². The van der Waals surface area contributed by atoms with Crippen LogP contribution in [0.4, 0.5) is 4.79 Å². The van der Waals surface area contributed by atoms with E-state index in [1.165, 1.54) is 0 Å². The standard InChI is InChI=1S/C42H58N2O10/c1-42(2,3)54-41(48)43-36(27-30-10-6-5-7-11-30)37(45)29-33(40(47)44-39-35-13-9-8-12-32(35)28-38(39)46)26-31-14-16-34(17-15-31)53-25-24-52-23-22-51-21-20-50-19-18-49-4/h5-17,33,36-39,45-46H,18-29H2,1-4H3,(H,43,48)(H,44,47)/t33-,36+,37+,38-,39+/m1/s1. The molecule has 0 fully saturated rings. The minimum atomic E-state index is -1.10. The van der Waals surface area contributed by atoms with Crippen molar-refractivity contribution in [3.8, 4) is 5.75 Å². The molecule has 3 aromatic rings. The van der Waals surface area contributed by atoms with E-state index in [2.05, 4.69) is 10.6 Å². The number of aliphatic hydroxyl groups is 2. The minimum Gasteiger partial charge on any atom is -0.491 e. The van der Waals surface area contributed by atoms with E-state index < -0.39 is 41.9 Å². The van der Waals surface area contributed by atoms with Crippen molar-refractivity contribution in [3.05, 3.63) is 101 Å². The number of alkyl carbamates (subject to hydrolysis) is 1. The second-order valence-corrected chi connectivity index (χ2v) is 14.4. The number of benzene rings is 3. The molecule has 0 bridgehead atoms. The van der Waals surface area contributed by atoms with Crippen molar-refractivity contribution >= 4 is 12.0 Å². The monoisotopic (exact) mass is 750 g/mol. The zero-order valence-corrected chi connectivity index (χ0v) is 32.0. The van der Waals surface area contributed by atoms with Crippen LogP contribution in [0.5, 0.6) is 5.75 Å². The van der Waals surface area contributed by atoms with Gasteiger partial charge in [-0.3, -0.25) is 4.79 Å². The van der Waals surface area contributed by atoms with Crippen LogP contribution in [-0.2, 0) is 47.7 Å². The largest absolute Gasteiger partial charge is 0.491 e. The van der Waals surface area contributed by atoms with E-state index in [4.69, 9.17) is 28.4 Å². The predicted octanol–water partition coefficient (Wildman–Crippen LogP) is 4.58. The molecule has 5 atom stereocenters. The first-order valence-electron chi connectivity index (χ1n) is 18.7. The Kier molecular flexibility index (Phi) is 17.7. The van der Waals surface area contributed by atoms with Crippen molar-refractivity contribution in [2.24, 2.45) is 5.92 Å². The molecular weight excluding hydrogens is 692 g/mol. The maximum atomic E-state index is 14.1. The van der Waals surface area contributed by atoms with Crippen LogP contribution in [0.1, 0.15) is 55.5 Å². The summed E-state index contributed by atoms with van der Waals surface area (Å²) in [7, 11) is 1.63. The molecule has 12 heteroatoms. The van der Waals surface area contributed by atoms with Crippen LogP contribution in [-0.4, -0.2) is 106 Å². The molecule has 1 aliphatic carbocycles. The molecule has 0 saturated carbocycles. The highest BCUT2D eigenvalue weighted by atomic mass is 16.6. The van der Waals surface area contributed by atoms with Crippen molar-refractivity contribution in [1.82, 2.24) is 10.6 Å². The Morgan fingerprint density at radius 1 is 0.778 bits per heavy atom. The van der Waals surface area contributed by atoms with Crippen LogP contribution in [0.25, 0.3) is 0 Å². The van der Waals surface area contributed by atoms with Gasteiger partial charge in [0.1, 0.15) is 18.0 Å². The molecular formula is C42H58N2O10. The van der Waals surface area contributed by atoms with E-state index in [1.54, 1.807) is 27.9 Å². The second kappa shape index (κ2) is 22.4. The third kappa shape index (κ3) is 15.0. The first-order chi connectivity index (χ1) is 26.0. The maximum Gasteiger partial charge on any atom is 0.407 e. The van der Waals surface area contributed by atoms with Crippen LogP contribution < -0.4 is 15.4 Å². The molecule has 12 nitrogen and oxygen atoms in total. The summed E-state index contributed by atoms with van der Waals surface area (Å²) in [6.45, 7) is 9.08. The summed E-state index contributed by atoms with van der Waals surface area (Å²) in [6, 6.07) is 23.4. The molecule has 4 N–H and O–H groups in total. The van der Waals surface area contributed by atoms with E-state index in [1.807, 2.05) is 78.9 Å². The van der Waals surface area contributed by atoms with Gasteiger partial charge in [-0.25, -0.2) is 4.79 Å². The third-order valence-electron chi connectivity index (χ3n) is 8.94. The number of carbonyl (C=O) groups is 2. The van der Waals surface area contributed by atoms with Gasteiger partial charge in [0.15, 0.2) is 0 Å². The van der Waals surface area contributed by atoms with Crippen molar-refractivity contribution in [3.63, 3.8) is 0 Å². The molecule has 2 amide bonds. The molecule has 0 unspecified atom stereocenters. The number of methoxy groups -OCH3 is 1. The fourth-order valence-electron chi connectivity index (χ4n) is 6.28. The molecule has 296 valence electrons. The van der Waals surface area contributed by atoms with Crippen LogP contribution in [0.2, 0.25) is 0 Å². The first kappa shape index (κ1) is 42.7. The summed E-state index contributed by atoms with van der Waals surface area (Å²) in [6.07, 6.45) is -1.40. The Bertz CT molecular complexity index is 1530. The summed E-state index contributed by atoms with van der Waals surface area (Å²) in [5.74, 6) is -0.341. The van der Waals surface area contributed by atoms with Crippen LogP contribution in [0.15, 0.2) is 78.9 Å². The SMILES string of the molecule is COCCOCCOCCOCCOc1ccc(C[C@H](C[C@H](O)[C@H](Cc2ccccc2)NC(=O)OC(C)(C)C)C(=O)N[C@H]2c3ccccc3C[C@H]2O)cc1. The molecule has 0 aromatic heterocycles. The summed E-state index contributed by atoms with van der Waals surface area (Å²) in [5.41, 5.74) is 2.92.